The van der Waals surface area contributed by atoms with Gasteiger partial charge in [-0.3, -0.25) is 0 Å². The van der Waals surface area contributed by atoms with Crippen LogP contribution in [-0.4, -0.2) is 39.9 Å². The van der Waals surface area contributed by atoms with E-state index in [1.54, 1.807) is 0 Å². The zero-order valence-electron chi connectivity index (χ0n) is 11.7. The average Bonchev–Trinajstić information content (AvgIpc) is 2.31. The molecule has 0 heterocycles. The zero-order chi connectivity index (χ0) is 18.3. The van der Waals surface area contributed by atoms with Gasteiger partial charge in [-0.2, -0.15) is 39.5 Å². The van der Waals surface area contributed by atoms with Gasteiger partial charge in [0, 0.05) is 19.8 Å². The summed E-state index contributed by atoms with van der Waals surface area (Å²) in [5.74, 6) is 0. The monoisotopic (exact) mass is 350 g/mol. The Balaban J connectivity index is 3.63. The summed E-state index contributed by atoms with van der Waals surface area (Å²) in [6.07, 6.45) is -19.8. The Morgan fingerprint density at radius 1 is 0.739 bits per heavy atom. The lowest BCUT2D eigenvalue weighted by Crippen LogP contribution is -2.59. The summed E-state index contributed by atoms with van der Waals surface area (Å²) in [4.78, 5) is 1.11. The third-order valence-corrected chi connectivity index (χ3v) is 3.13. The fourth-order valence-corrected chi connectivity index (χ4v) is 1.98. The van der Waals surface area contributed by atoms with E-state index in [0.29, 0.717) is 0 Å². The third kappa shape index (κ3) is 3.37. The van der Waals surface area contributed by atoms with Crippen molar-refractivity contribution in [2.24, 2.45) is 0 Å². The van der Waals surface area contributed by atoms with Crippen LogP contribution in [0.4, 0.5) is 45.2 Å². The number of benzene rings is 1. The number of para-hydroxylation sites is 1. The molecule has 1 aromatic carbocycles. The highest BCUT2D eigenvalue weighted by atomic mass is 19.4. The van der Waals surface area contributed by atoms with E-state index >= 15 is 0 Å². The Labute approximate surface area is 126 Å². The first-order valence-electron chi connectivity index (χ1n) is 5.97. The molecule has 0 saturated heterocycles. The first kappa shape index (κ1) is 19.5. The van der Waals surface area contributed by atoms with Crippen molar-refractivity contribution in [2.45, 2.75) is 23.8 Å². The van der Waals surface area contributed by atoms with E-state index in [4.69, 9.17) is 0 Å². The molecule has 0 aliphatic carbocycles. The highest BCUT2D eigenvalue weighted by Crippen LogP contribution is 2.64. The normalized spacial score (nSPS) is 13.9. The lowest BCUT2D eigenvalue weighted by molar-refractivity contribution is -0.354. The molecule has 1 aromatic rings. The van der Waals surface area contributed by atoms with Crippen LogP contribution in [0.5, 0.6) is 0 Å². The quantitative estimate of drug-likeness (QED) is 0.590. The Bertz CT molecular complexity index is 509. The molecule has 0 spiro atoms. The van der Waals surface area contributed by atoms with Gasteiger partial charge in [0.2, 0.25) is 5.31 Å². The number of hydrogen-bond donors (Lipinski definition) is 0. The molecule has 0 aromatic heterocycles. The van der Waals surface area contributed by atoms with E-state index in [9.17, 15) is 39.5 Å². The van der Waals surface area contributed by atoms with Crippen LogP contribution in [0.25, 0.3) is 0 Å². The Kier molecular flexibility index (Phi) is 4.94. The van der Waals surface area contributed by atoms with Crippen molar-refractivity contribution in [1.82, 2.24) is 0 Å². The summed E-state index contributed by atoms with van der Waals surface area (Å²) in [7, 11) is 1.74. The largest absolute Gasteiger partial charge is 0.405 e. The maximum atomic E-state index is 12.9. The second-order valence-electron chi connectivity index (χ2n) is 4.90. The van der Waals surface area contributed by atoms with E-state index in [0.717, 1.165) is 23.1 Å². The van der Waals surface area contributed by atoms with E-state index in [-0.39, 0.29) is 5.69 Å². The fraction of sp³-hybridized carbons (Fsp3) is 0.500. The lowest BCUT2D eigenvalue weighted by atomic mass is 9.46. The maximum absolute atomic E-state index is 12.9. The molecular weight excluding hydrogens is 340 g/mol. The van der Waals surface area contributed by atoms with Gasteiger partial charge >= 0.3 is 18.5 Å². The first-order chi connectivity index (χ1) is 10.1. The molecule has 1 radical (unpaired) electrons. The summed E-state index contributed by atoms with van der Waals surface area (Å²) >= 11 is 0. The highest BCUT2D eigenvalue weighted by Gasteiger charge is 2.82. The average molecular weight is 350 g/mol. The van der Waals surface area contributed by atoms with Crippen molar-refractivity contribution < 1.29 is 39.5 Å². The van der Waals surface area contributed by atoms with Crippen LogP contribution in [0, 0.1) is 0 Å². The standard InChI is InChI=1S/C12H10BF9N/c1-23(2)8-6-4-3-5-7(8)13-9(10(14,15)16,11(17,18)19)12(20,21)22/h3-6H,1-2H3. The molecule has 0 N–H and O–H groups in total. The number of alkyl halides is 9. The highest BCUT2D eigenvalue weighted by molar-refractivity contribution is 6.59. The molecule has 0 amide bonds. The van der Waals surface area contributed by atoms with Crippen LogP contribution in [-0.2, 0) is 0 Å². The van der Waals surface area contributed by atoms with Crippen molar-refractivity contribution >= 4 is 18.4 Å². The van der Waals surface area contributed by atoms with Gasteiger partial charge in [-0.15, -0.1) is 0 Å². The third-order valence-electron chi connectivity index (χ3n) is 3.13. The summed E-state index contributed by atoms with van der Waals surface area (Å²) in [6.45, 7) is 0. The van der Waals surface area contributed by atoms with Crippen molar-refractivity contribution in [3.8, 4) is 0 Å². The van der Waals surface area contributed by atoms with Gasteiger partial charge in [-0.25, -0.2) is 0 Å². The molecular formula is C12H10BF9N. The molecule has 0 atom stereocenters. The molecule has 0 aliphatic rings. The molecule has 0 unspecified atom stereocenters. The topological polar surface area (TPSA) is 3.24 Å². The summed E-state index contributed by atoms with van der Waals surface area (Å²) in [5.41, 5.74) is -1.04. The molecule has 0 aliphatic heterocycles. The minimum atomic E-state index is -6.61. The van der Waals surface area contributed by atoms with Crippen LogP contribution in [0.15, 0.2) is 24.3 Å². The van der Waals surface area contributed by atoms with Crippen LogP contribution < -0.4 is 10.4 Å². The number of halogens is 9. The molecule has 1 nitrogen and oxygen atoms in total. The number of nitrogens with zero attached hydrogens (tertiary/aromatic N) is 1. The molecule has 129 valence electrons. The van der Waals surface area contributed by atoms with Gasteiger partial charge in [0.1, 0.15) is 0 Å². The second-order valence-corrected chi connectivity index (χ2v) is 4.90. The summed E-state index contributed by atoms with van der Waals surface area (Å²) in [5, 5.41) is -5.96. The van der Waals surface area contributed by atoms with Crippen LogP contribution in [0.3, 0.4) is 0 Å². The number of hydrogen-bond acceptors (Lipinski definition) is 1. The van der Waals surface area contributed by atoms with Crippen molar-refractivity contribution in [1.29, 1.82) is 0 Å². The van der Waals surface area contributed by atoms with Crippen molar-refractivity contribution in [2.75, 3.05) is 19.0 Å². The SMILES string of the molecule is CN(C)c1ccccc1[B]C(C(F)(F)F)(C(F)(F)F)C(F)(F)F. The van der Waals surface area contributed by atoms with E-state index in [1.165, 1.54) is 20.2 Å². The van der Waals surface area contributed by atoms with Gasteiger partial charge < -0.3 is 4.90 Å². The Morgan fingerprint density at radius 2 is 1.13 bits per heavy atom. The van der Waals surface area contributed by atoms with E-state index in [2.05, 4.69) is 0 Å². The van der Waals surface area contributed by atoms with Crippen LogP contribution >= 0.6 is 0 Å². The summed E-state index contributed by atoms with van der Waals surface area (Å²) in [6, 6.07) is 4.20. The smallest absolute Gasteiger partial charge is 0.378 e. The van der Waals surface area contributed by atoms with Crippen LogP contribution in [0.2, 0.25) is 5.31 Å². The van der Waals surface area contributed by atoms with Gasteiger partial charge in [-0.05, 0) is 6.07 Å². The van der Waals surface area contributed by atoms with E-state index in [1.807, 2.05) is 0 Å². The predicted octanol–water partition coefficient (Wildman–Crippen LogP) is 3.93. The molecule has 23 heavy (non-hydrogen) atoms. The second kappa shape index (κ2) is 5.83. The van der Waals surface area contributed by atoms with Crippen LogP contribution in [0.1, 0.15) is 0 Å². The predicted molar refractivity (Wildman–Crippen MR) is 67.0 cm³/mol. The van der Waals surface area contributed by atoms with Crippen molar-refractivity contribution in [3.63, 3.8) is 0 Å². The van der Waals surface area contributed by atoms with Gasteiger partial charge in [0.25, 0.3) is 0 Å². The lowest BCUT2D eigenvalue weighted by Gasteiger charge is -2.39. The number of rotatable bonds is 3. The van der Waals surface area contributed by atoms with Gasteiger partial charge in [-0.1, -0.05) is 23.7 Å². The number of anilines is 1. The first-order valence-corrected chi connectivity index (χ1v) is 5.97. The van der Waals surface area contributed by atoms with E-state index < -0.39 is 36.6 Å². The molecule has 0 saturated carbocycles. The molecule has 0 bridgehead atoms. The maximum Gasteiger partial charge on any atom is 0.405 e. The summed E-state index contributed by atoms with van der Waals surface area (Å²) < 4.78 is 116. The zero-order valence-corrected chi connectivity index (χ0v) is 11.7. The Morgan fingerprint density at radius 3 is 1.48 bits per heavy atom. The molecule has 1 rings (SSSR count). The van der Waals surface area contributed by atoms with Gasteiger partial charge in [0.15, 0.2) is 7.28 Å². The molecule has 11 heteroatoms. The minimum absolute atomic E-state index is 0.213. The Hall–Kier alpha value is -1.55. The molecule has 0 fully saturated rings. The fourth-order valence-electron chi connectivity index (χ4n) is 1.98. The van der Waals surface area contributed by atoms with Crippen molar-refractivity contribution in [3.05, 3.63) is 24.3 Å². The van der Waals surface area contributed by atoms with Gasteiger partial charge in [0.05, 0.1) is 0 Å². The minimum Gasteiger partial charge on any atom is -0.378 e.